The maximum atomic E-state index is 12.4. The number of carbonyl (C=O) groups is 2. The Labute approximate surface area is 112 Å². The fourth-order valence-corrected chi connectivity index (χ4v) is 3.59. The summed E-state index contributed by atoms with van der Waals surface area (Å²) in [7, 11) is 0. The molecule has 5 nitrogen and oxygen atoms in total. The van der Waals surface area contributed by atoms with Crippen LogP contribution in [0.2, 0.25) is 0 Å². The first kappa shape index (κ1) is 13.7. The summed E-state index contributed by atoms with van der Waals surface area (Å²) in [4.78, 5) is 26.0. The highest BCUT2D eigenvalue weighted by molar-refractivity contribution is 7.99. The normalized spacial score (nSPS) is 28.2. The fraction of sp³-hybridized carbons (Fsp3) is 0.833. The van der Waals surface area contributed by atoms with Gasteiger partial charge in [-0.1, -0.05) is 0 Å². The molecule has 0 aromatic carbocycles. The second-order valence-corrected chi connectivity index (χ2v) is 5.71. The van der Waals surface area contributed by atoms with E-state index in [9.17, 15) is 9.59 Å². The molecule has 0 spiro atoms. The SMILES string of the molecule is CCOC(=O)C1CNCCN1C(=O)C1CCSC1. The third kappa shape index (κ3) is 2.98. The van der Waals surface area contributed by atoms with E-state index in [2.05, 4.69) is 5.32 Å². The zero-order valence-electron chi connectivity index (χ0n) is 10.7. The van der Waals surface area contributed by atoms with Crippen LogP contribution in [0.5, 0.6) is 0 Å². The van der Waals surface area contributed by atoms with Crippen molar-refractivity contribution in [2.24, 2.45) is 5.92 Å². The minimum Gasteiger partial charge on any atom is -0.464 e. The largest absolute Gasteiger partial charge is 0.464 e. The van der Waals surface area contributed by atoms with Gasteiger partial charge in [-0.15, -0.1) is 0 Å². The minimum absolute atomic E-state index is 0.0880. The maximum absolute atomic E-state index is 12.4. The lowest BCUT2D eigenvalue weighted by Gasteiger charge is -2.35. The number of carbonyl (C=O) groups excluding carboxylic acids is 2. The number of rotatable bonds is 3. The van der Waals surface area contributed by atoms with Crippen LogP contribution < -0.4 is 5.32 Å². The average molecular weight is 272 g/mol. The molecule has 0 saturated carbocycles. The zero-order chi connectivity index (χ0) is 13.0. The highest BCUT2D eigenvalue weighted by Crippen LogP contribution is 2.26. The topological polar surface area (TPSA) is 58.6 Å². The Balaban J connectivity index is 2.02. The van der Waals surface area contributed by atoms with Crippen molar-refractivity contribution in [3.05, 3.63) is 0 Å². The second kappa shape index (κ2) is 6.43. The van der Waals surface area contributed by atoms with Gasteiger partial charge in [0.15, 0.2) is 0 Å². The zero-order valence-corrected chi connectivity index (χ0v) is 11.5. The van der Waals surface area contributed by atoms with Crippen LogP contribution in [0.1, 0.15) is 13.3 Å². The number of nitrogens with zero attached hydrogens (tertiary/aromatic N) is 1. The number of hydrogen-bond donors (Lipinski definition) is 1. The third-order valence-corrected chi connectivity index (χ3v) is 4.53. The van der Waals surface area contributed by atoms with E-state index in [-0.39, 0.29) is 17.8 Å². The summed E-state index contributed by atoms with van der Waals surface area (Å²) in [6.45, 7) is 4.00. The van der Waals surface area contributed by atoms with Crippen LogP contribution in [0.25, 0.3) is 0 Å². The number of ether oxygens (including phenoxy) is 1. The lowest BCUT2D eigenvalue weighted by Crippen LogP contribution is -2.58. The van der Waals surface area contributed by atoms with Crippen molar-refractivity contribution < 1.29 is 14.3 Å². The van der Waals surface area contributed by atoms with E-state index >= 15 is 0 Å². The third-order valence-electron chi connectivity index (χ3n) is 3.36. The van der Waals surface area contributed by atoms with Crippen molar-refractivity contribution in [2.45, 2.75) is 19.4 Å². The van der Waals surface area contributed by atoms with Crippen LogP contribution in [0.15, 0.2) is 0 Å². The smallest absolute Gasteiger partial charge is 0.330 e. The molecule has 0 radical (unpaired) electrons. The first-order valence-corrected chi connectivity index (χ1v) is 7.65. The molecule has 1 amide bonds. The van der Waals surface area contributed by atoms with Gasteiger partial charge in [-0.25, -0.2) is 4.79 Å². The molecule has 2 aliphatic rings. The molecule has 2 heterocycles. The van der Waals surface area contributed by atoms with Gasteiger partial charge in [0, 0.05) is 31.3 Å². The van der Waals surface area contributed by atoms with E-state index in [1.54, 1.807) is 11.8 Å². The fourth-order valence-electron chi connectivity index (χ4n) is 2.38. The van der Waals surface area contributed by atoms with Gasteiger partial charge in [0.05, 0.1) is 6.61 Å². The van der Waals surface area contributed by atoms with Gasteiger partial charge in [-0.3, -0.25) is 4.79 Å². The van der Waals surface area contributed by atoms with Crippen LogP contribution in [0.4, 0.5) is 0 Å². The Morgan fingerprint density at radius 1 is 1.50 bits per heavy atom. The van der Waals surface area contributed by atoms with Gasteiger partial charge < -0.3 is 15.0 Å². The Hall–Kier alpha value is -0.750. The van der Waals surface area contributed by atoms with Crippen LogP contribution >= 0.6 is 11.8 Å². The molecule has 0 aliphatic carbocycles. The molecule has 0 bridgehead atoms. The number of nitrogens with one attached hydrogen (secondary N) is 1. The van der Waals surface area contributed by atoms with E-state index in [1.165, 1.54) is 0 Å². The molecular weight excluding hydrogens is 252 g/mol. The van der Waals surface area contributed by atoms with Gasteiger partial charge in [0.25, 0.3) is 0 Å². The van der Waals surface area contributed by atoms with Gasteiger partial charge in [0.2, 0.25) is 5.91 Å². The maximum Gasteiger partial charge on any atom is 0.330 e. The van der Waals surface area contributed by atoms with Crippen molar-refractivity contribution in [1.82, 2.24) is 10.2 Å². The highest BCUT2D eigenvalue weighted by Gasteiger charge is 2.37. The van der Waals surface area contributed by atoms with Gasteiger partial charge in [-0.05, 0) is 19.1 Å². The van der Waals surface area contributed by atoms with Gasteiger partial charge in [-0.2, -0.15) is 11.8 Å². The minimum atomic E-state index is -0.447. The molecule has 1 N–H and O–H groups in total. The average Bonchev–Trinajstić information content (AvgIpc) is 2.92. The Kier molecular flexibility index (Phi) is 4.88. The van der Waals surface area contributed by atoms with Gasteiger partial charge >= 0.3 is 5.97 Å². The molecule has 2 atom stereocenters. The van der Waals surface area contributed by atoms with E-state index < -0.39 is 6.04 Å². The summed E-state index contributed by atoms with van der Waals surface area (Å²) in [5.41, 5.74) is 0. The van der Waals surface area contributed by atoms with Crippen molar-refractivity contribution >= 4 is 23.6 Å². The molecule has 2 rings (SSSR count). The number of esters is 1. The molecule has 0 aromatic rings. The number of piperazine rings is 1. The summed E-state index contributed by atoms with van der Waals surface area (Å²) in [5, 5.41) is 3.15. The van der Waals surface area contributed by atoms with E-state index in [0.717, 1.165) is 24.5 Å². The van der Waals surface area contributed by atoms with E-state index in [4.69, 9.17) is 4.74 Å². The van der Waals surface area contributed by atoms with Crippen LogP contribution in [-0.4, -0.2) is 60.6 Å². The highest BCUT2D eigenvalue weighted by atomic mass is 32.2. The summed E-state index contributed by atoms with van der Waals surface area (Å²) in [6.07, 6.45) is 0.934. The summed E-state index contributed by atoms with van der Waals surface area (Å²) in [6, 6.07) is -0.447. The van der Waals surface area contributed by atoms with Crippen LogP contribution in [0, 0.1) is 5.92 Å². The van der Waals surface area contributed by atoms with Gasteiger partial charge in [0.1, 0.15) is 6.04 Å². The Morgan fingerprint density at radius 3 is 3.00 bits per heavy atom. The molecule has 2 fully saturated rings. The quantitative estimate of drug-likeness (QED) is 0.739. The van der Waals surface area contributed by atoms with E-state index in [0.29, 0.717) is 19.7 Å². The predicted octanol–water partition coefficient (Wildman–Crippen LogP) is 0.103. The lowest BCUT2D eigenvalue weighted by atomic mass is 10.0. The van der Waals surface area contributed by atoms with Crippen molar-refractivity contribution in [2.75, 3.05) is 37.7 Å². The van der Waals surface area contributed by atoms with E-state index in [1.807, 2.05) is 11.8 Å². The number of amides is 1. The van der Waals surface area contributed by atoms with Crippen molar-refractivity contribution in [3.63, 3.8) is 0 Å². The predicted molar refractivity (Wildman–Crippen MR) is 70.4 cm³/mol. The summed E-state index contributed by atoms with van der Waals surface area (Å²) < 4.78 is 5.05. The molecular formula is C12H20N2O3S. The Bertz CT molecular complexity index is 318. The number of thioether (sulfide) groups is 1. The molecule has 2 unspecified atom stereocenters. The van der Waals surface area contributed by atoms with Crippen molar-refractivity contribution in [3.8, 4) is 0 Å². The lowest BCUT2D eigenvalue weighted by molar-refractivity contribution is -0.157. The molecule has 0 aromatic heterocycles. The standard InChI is InChI=1S/C12H20N2O3S/c1-2-17-12(16)10-7-13-4-5-14(10)11(15)9-3-6-18-8-9/h9-10,13H,2-8H2,1H3. The van der Waals surface area contributed by atoms with Crippen LogP contribution in [-0.2, 0) is 14.3 Å². The summed E-state index contributed by atoms with van der Waals surface area (Å²) >= 11 is 1.82. The van der Waals surface area contributed by atoms with Crippen molar-refractivity contribution in [1.29, 1.82) is 0 Å². The molecule has 2 aliphatic heterocycles. The first-order valence-electron chi connectivity index (χ1n) is 6.49. The monoisotopic (exact) mass is 272 g/mol. The molecule has 6 heteroatoms. The van der Waals surface area contributed by atoms with Crippen LogP contribution in [0.3, 0.4) is 0 Å². The Morgan fingerprint density at radius 2 is 2.33 bits per heavy atom. The molecule has 18 heavy (non-hydrogen) atoms. The molecule has 2 saturated heterocycles. The second-order valence-electron chi connectivity index (χ2n) is 4.56. The molecule has 102 valence electrons. The number of hydrogen-bond acceptors (Lipinski definition) is 5. The first-order chi connectivity index (χ1) is 8.74. The summed E-state index contributed by atoms with van der Waals surface area (Å²) in [5.74, 6) is 1.86.